The van der Waals surface area contributed by atoms with Crippen LogP contribution < -0.4 is 5.32 Å². The van der Waals surface area contributed by atoms with Crippen LogP contribution in [0.2, 0.25) is 10.0 Å². The minimum Gasteiger partial charge on any atom is -0.379 e. The molecule has 1 N–H and O–H groups in total. The molecule has 1 aromatic carbocycles. The van der Waals surface area contributed by atoms with Crippen LogP contribution in [0.25, 0.3) is 0 Å². The van der Waals surface area contributed by atoms with Gasteiger partial charge in [0.15, 0.2) is 0 Å². The van der Waals surface area contributed by atoms with Gasteiger partial charge in [-0.15, -0.1) is 0 Å². The van der Waals surface area contributed by atoms with Gasteiger partial charge >= 0.3 is 0 Å². The van der Waals surface area contributed by atoms with Crippen molar-refractivity contribution in [1.82, 2.24) is 0 Å². The van der Waals surface area contributed by atoms with Crippen molar-refractivity contribution in [2.24, 2.45) is 5.92 Å². The largest absolute Gasteiger partial charge is 0.379 e. The molecule has 0 bridgehead atoms. The summed E-state index contributed by atoms with van der Waals surface area (Å²) in [5.74, 6) is 2.82. The van der Waals surface area contributed by atoms with E-state index in [0.29, 0.717) is 16.6 Å². The van der Waals surface area contributed by atoms with Gasteiger partial charge in [-0.2, -0.15) is 11.8 Å². The van der Waals surface area contributed by atoms with Crippen molar-refractivity contribution in [2.45, 2.75) is 6.42 Å². The Labute approximate surface area is 119 Å². The lowest BCUT2D eigenvalue weighted by Gasteiger charge is -2.12. The molecule has 1 aromatic rings. The lowest BCUT2D eigenvalue weighted by atomic mass is 10.1. The van der Waals surface area contributed by atoms with Crippen LogP contribution in [0.1, 0.15) is 6.42 Å². The number of thioether (sulfide) groups is 1. The molecule has 98 valence electrons. The number of nitro benzene ring substituents is 1. The molecular formula is C11H12Cl2N2O2S. The van der Waals surface area contributed by atoms with Gasteiger partial charge in [-0.1, -0.05) is 23.2 Å². The Bertz CT molecular complexity index is 465. The lowest BCUT2D eigenvalue weighted by Crippen LogP contribution is -2.14. The number of anilines is 1. The van der Waals surface area contributed by atoms with Crippen LogP contribution >= 0.6 is 35.0 Å². The van der Waals surface area contributed by atoms with Gasteiger partial charge in [-0.25, -0.2) is 0 Å². The van der Waals surface area contributed by atoms with Gasteiger partial charge in [-0.05, 0) is 29.9 Å². The summed E-state index contributed by atoms with van der Waals surface area (Å²) in [5.41, 5.74) is 0.404. The van der Waals surface area contributed by atoms with Crippen molar-refractivity contribution >= 4 is 46.3 Å². The summed E-state index contributed by atoms with van der Waals surface area (Å²) in [7, 11) is 0. The first kappa shape index (κ1) is 13.8. The molecule has 1 atom stereocenters. The molecule has 0 aromatic heterocycles. The number of hydrogen-bond donors (Lipinski definition) is 1. The van der Waals surface area contributed by atoms with Gasteiger partial charge in [0, 0.05) is 12.6 Å². The Kier molecular flexibility index (Phi) is 4.59. The second-order valence-corrected chi connectivity index (χ2v) is 6.12. The molecule has 0 aliphatic carbocycles. The molecular weight excluding hydrogens is 295 g/mol. The van der Waals surface area contributed by atoms with Gasteiger partial charge in [0.1, 0.15) is 5.69 Å². The Morgan fingerprint density at radius 2 is 2.17 bits per heavy atom. The highest BCUT2D eigenvalue weighted by Gasteiger charge is 2.20. The van der Waals surface area contributed by atoms with E-state index in [1.807, 2.05) is 11.8 Å². The second kappa shape index (κ2) is 5.99. The van der Waals surface area contributed by atoms with E-state index in [9.17, 15) is 10.1 Å². The SMILES string of the molecule is O=[N+]([O-])c1cc(Cl)c(Cl)cc1NCC1CCSC1. The number of hydrogen-bond acceptors (Lipinski definition) is 4. The highest BCUT2D eigenvalue weighted by Crippen LogP contribution is 2.34. The highest BCUT2D eigenvalue weighted by molar-refractivity contribution is 7.99. The third-order valence-corrected chi connectivity index (χ3v) is 4.79. The maximum atomic E-state index is 10.9. The van der Waals surface area contributed by atoms with Crippen molar-refractivity contribution in [2.75, 3.05) is 23.4 Å². The second-order valence-electron chi connectivity index (χ2n) is 4.15. The van der Waals surface area contributed by atoms with Gasteiger partial charge < -0.3 is 5.32 Å². The zero-order chi connectivity index (χ0) is 13.1. The summed E-state index contributed by atoms with van der Waals surface area (Å²) in [6.07, 6.45) is 1.15. The van der Waals surface area contributed by atoms with Crippen LogP contribution in [-0.2, 0) is 0 Å². The molecule has 7 heteroatoms. The number of nitro groups is 1. The Morgan fingerprint density at radius 1 is 1.44 bits per heavy atom. The van der Waals surface area contributed by atoms with E-state index < -0.39 is 4.92 Å². The smallest absolute Gasteiger partial charge is 0.293 e. The predicted molar refractivity (Wildman–Crippen MR) is 77.0 cm³/mol. The maximum Gasteiger partial charge on any atom is 0.293 e. The molecule has 1 unspecified atom stereocenters. The third kappa shape index (κ3) is 3.22. The molecule has 18 heavy (non-hydrogen) atoms. The minimum atomic E-state index is -0.450. The predicted octanol–water partition coefficient (Wildman–Crippen LogP) is 4.07. The normalized spacial score (nSPS) is 18.9. The van der Waals surface area contributed by atoms with E-state index >= 15 is 0 Å². The van der Waals surface area contributed by atoms with E-state index in [1.54, 1.807) is 0 Å². The van der Waals surface area contributed by atoms with Crippen LogP contribution in [-0.4, -0.2) is 23.0 Å². The molecule has 0 amide bonds. The van der Waals surface area contributed by atoms with Crippen molar-refractivity contribution in [1.29, 1.82) is 0 Å². The summed E-state index contributed by atoms with van der Waals surface area (Å²) >= 11 is 13.6. The minimum absolute atomic E-state index is 0.0324. The third-order valence-electron chi connectivity index (χ3n) is 2.84. The van der Waals surface area contributed by atoms with Gasteiger partial charge in [0.25, 0.3) is 5.69 Å². The Morgan fingerprint density at radius 3 is 2.78 bits per heavy atom. The molecule has 0 saturated carbocycles. The maximum absolute atomic E-state index is 10.9. The summed E-state index contributed by atoms with van der Waals surface area (Å²) < 4.78 is 0. The van der Waals surface area contributed by atoms with Crippen molar-refractivity contribution < 1.29 is 4.92 Å². The van der Waals surface area contributed by atoms with Gasteiger partial charge in [0.2, 0.25) is 0 Å². The van der Waals surface area contributed by atoms with Gasteiger partial charge in [-0.3, -0.25) is 10.1 Å². The molecule has 2 rings (SSSR count). The molecule has 1 aliphatic heterocycles. The Balaban J connectivity index is 2.14. The van der Waals surface area contributed by atoms with E-state index in [-0.39, 0.29) is 10.7 Å². The van der Waals surface area contributed by atoms with E-state index in [4.69, 9.17) is 23.2 Å². The van der Waals surface area contributed by atoms with E-state index in [2.05, 4.69) is 5.32 Å². The van der Waals surface area contributed by atoms with Crippen LogP contribution in [0.4, 0.5) is 11.4 Å². The molecule has 1 aliphatic rings. The average molecular weight is 307 g/mol. The molecule has 1 saturated heterocycles. The fraction of sp³-hybridized carbons (Fsp3) is 0.455. The number of benzene rings is 1. The first-order valence-electron chi connectivity index (χ1n) is 5.53. The van der Waals surface area contributed by atoms with Crippen LogP contribution in [0, 0.1) is 16.0 Å². The molecule has 0 spiro atoms. The number of nitrogens with one attached hydrogen (secondary N) is 1. The zero-order valence-corrected chi connectivity index (χ0v) is 11.8. The first-order valence-corrected chi connectivity index (χ1v) is 7.44. The number of rotatable bonds is 4. The van der Waals surface area contributed by atoms with E-state index in [1.165, 1.54) is 12.1 Å². The highest BCUT2D eigenvalue weighted by atomic mass is 35.5. The topological polar surface area (TPSA) is 55.2 Å². The summed E-state index contributed by atoms with van der Waals surface area (Å²) in [6.45, 7) is 0.728. The van der Waals surface area contributed by atoms with Crippen LogP contribution in [0.15, 0.2) is 12.1 Å². The Hall–Kier alpha value is -0.650. The molecule has 0 radical (unpaired) electrons. The molecule has 1 heterocycles. The van der Waals surface area contributed by atoms with Crippen molar-refractivity contribution in [3.63, 3.8) is 0 Å². The quantitative estimate of drug-likeness (QED) is 0.673. The van der Waals surface area contributed by atoms with Crippen LogP contribution in [0.3, 0.4) is 0 Å². The monoisotopic (exact) mass is 306 g/mol. The lowest BCUT2D eigenvalue weighted by molar-refractivity contribution is -0.383. The fourth-order valence-corrected chi connectivity index (χ4v) is 3.43. The van der Waals surface area contributed by atoms with Crippen molar-refractivity contribution in [3.05, 3.63) is 32.3 Å². The van der Waals surface area contributed by atoms with Crippen molar-refractivity contribution in [3.8, 4) is 0 Å². The summed E-state index contributed by atoms with van der Waals surface area (Å²) in [6, 6.07) is 2.81. The standard InChI is InChI=1S/C11H12Cl2N2O2S/c12-8-3-10(11(15(16)17)4-9(8)13)14-5-7-1-2-18-6-7/h3-4,7,14H,1-2,5-6H2. The first-order chi connectivity index (χ1) is 8.58. The van der Waals surface area contributed by atoms with Gasteiger partial charge in [0.05, 0.1) is 15.0 Å². The summed E-state index contributed by atoms with van der Waals surface area (Å²) in [5, 5.41) is 14.6. The fourth-order valence-electron chi connectivity index (χ4n) is 1.83. The van der Waals surface area contributed by atoms with E-state index in [0.717, 1.165) is 24.5 Å². The number of nitrogens with zero attached hydrogens (tertiary/aromatic N) is 1. The summed E-state index contributed by atoms with van der Waals surface area (Å²) in [4.78, 5) is 10.5. The molecule has 4 nitrogen and oxygen atoms in total. The molecule has 1 fully saturated rings. The zero-order valence-electron chi connectivity index (χ0n) is 9.49. The van der Waals surface area contributed by atoms with Crippen LogP contribution in [0.5, 0.6) is 0 Å². The average Bonchev–Trinajstić information content (AvgIpc) is 2.83. The number of halogens is 2.